The van der Waals surface area contributed by atoms with Gasteiger partial charge in [-0.05, 0) is 43.7 Å². The van der Waals surface area contributed by atoms with Crippen LogP contribution in [0.1, 0.15) is 19.3 Å². The third kappa shape index (κ3) is 4.10. The summed E-state index contributed by atoms with van der Waals surface area (Å²) < 4.78 is 6.59. The Balaban J connectivity index is 1.71. The fourth-order valence-corrected chi connectivity index (χ4v) is 2.40. The molecule has 0 saturated carbocycles. The van der Waals surface area contributed by atoms with E-state index in [1.54, 1.807) is 0 Å². The van der Waals surface area contributed by atoms with Crippen LogP contribution in [-0.4, -0.2) is 25.5 Å². The first-order valence-corrected chi connectivity index (χ1v) is 7.17. The van der Waals surface area contributed by atoms with Crippen molar-refractivity contribution in [3.63, 3.8) is 0 Å². The summed E-state index contributed by atoms with van der Waals surface area (Å²) in [5.41, 5.74) is 0. The number of nitrogens with one attached hydrogen (secondary N) is 1. The monoisotopic (exact) mass is 311 g/mol. The van der Waals surface area contributed by atoms with Gasteiger partial charge in [0.15, 0.2) is 0 Å². The second-order valence-corrected chi connectivity index (χ2v) is 5.48. The van der Waals surface area contributed by atoms with E-state index in [4.69, 9.17) is 4.74 Å². The van der Waals surface area contributed by atoms with Crippen LogP contribution >= 0.6 is 15.9 Å². The van der Waals surface area contributed by atoms with Crippen LogP contribution in [-0.2, 0) is 4.79 Å². The van der Waals surface area contributed by atoms with Gasteiger partial charge in [0.25, 0.3) is 0 Å². The summed E-state index contributed by atoms with van der Waals surface area (Å²) in [6.45, 7) is 2.34. The van der Waals surface area contributed by atoms with Gasteiger partial charge in [-0.15, -0.1) is 0 Å². The number of benzene rings is 1. The van der Waals surface area contributed by atoms with E-state index in [9.17, 15) is 4.79 Å². The minimum absolute atomic E-state index is 0.187. The number of carbonyl (C=O) groups is 1. The Morgan fingerprint density at radius 1 is 1.39 bits per heavy atom. The molecule has 1 atom stereocenters. The Morgan fingerprint density at radius 3 is 2.83 bits per heavy atom. The van der Waals surface area contributed by atoms with Crippen molar-refractivity contribution >= 4 is 21.7 Å². The van der Waals surface area contributed by atoms with Crippen molar-refractivity contribution in [3.8, 4) is 5.75 Å². The molecule has 1 aliphatic rings. The molecule has 1 heterocycles. The molecule has 3 nitrogen and oxygen atoms in total. The fraction of sp³-hybridized carbons (Fsp3) is 0.500. The Hall–Kier alpha value is -0.870. The van der Waals surface area contributed by atoms with E-state index >= 15 is 0 Å². The second-order valence-electron chi connectivity index (χ2n) is 4.56. The minimum Gasteiger partial charge on any atom is -0.493 e. The highest BCUT2D eigenvalue weighted by atomic mass is 79.9. The molecule has 1 unspecified atom stereocenters. The van der Waals surface area contributed by atoms with Crippen LogP contribution in [0, 0.1) is 5.92 Å². The van der Waals surface area contributed by atoms with E-state index < -0.39 is 0 Å². The van der Waals surface area contributed by atoms with Crippen molar-refractivity contribution in [2.45, 2.75) is 19.3 Å². The molecule has 0 spiro atoms. The van der Waals surface area contributed by atoms with Gasteiger partial charge in [0.05, 0.1) is 6.61 Å². The number of Topliss-reactive ketones (excluding diaryl/α,β-unsaturated/α-hetero) is 1. The highest BCUT2D eigenvalue weighted by Crippen LogP contribution is 2.17. The van der Waals surface area contributed by atoms with Crippen LogP contribution in [0.5, 0.6) is 5.75 Å². The SMILES string of the molecule is O=C(CCOc1ccc(Br)cc1)C1CCCNC1. The zero-order valence-electron chi connectivity index (χ0n) is 10.3. The zero-order valence-corrected chi connectivity index (χ0v) is 11.9. The van der Waals surface area contributed by atoms with Gasteiger partial charge in [-0.1, -0.05) is 15.9 Å². The largest absolute Gasteiger partial charge is 0.493 e. The number of hydrogen-bond acceptors (Lipinski definition) is 3. The van der Waals surface area contributed by atoms with Gasteiger partial charge in [-0.2, -0.15) is 0 Å². The van der Waals surface area contributed by atoms with E-state index in [0.717, 1.165) is 36.2 Å². The summed E-state index contributed by atoms with van der Waals surface area (Å²) in [6, 6.07) is 7.66. The lowest BCUT2D eigenvalue weighted by molar-refractivity contribution is -0.123. The summed E-state index contributed by atoms with van der Waals surface area (Å²) >= 11 is 3.37. The molecule has 1 aromatic rings. The number of carbonyl (C=O) groups excluding carboxylic acids is 1. The van der Waals surface area contributed by atoms with Crippen molar-refractivity contribution in [2.75, 3.05) is 19.7 Å². The van der Waals surface area contributed by atoms with E-state index in [1.165, 1.54) is 0 Å². The normalized spacial score (nSPS) is 19.5. The molecule has 1 fully saturated rings. The van der Waals surface area contributed by atoms with Crippen LogP contribution in [0.25, 0.3) is 0 Å². The minimum atomic E-state index is 0.187. The van der Waals surface area contributed by atoms with Crippen molar-refractivity contribution in [3.05, 3.63) is 28.7 Å². The lowest BCUT2D eigenvalue weighted by Gasteiger charge is -2.21. The maximum atomic E-state index is 11.9. The number of piperidine rings is 1. The lowest BCUT2D eigenvalue weighted by atomic mass is 9.94. The van der Waals surface area contributed by atoms with Gasteiger partial charge >= 0.3 is 0 Å². The van der Waals surface area contributed by atoms with E-state index in [1.807, 2.05) is 24.3 Å². The Labute approximate surface area is 116 Å². The molecule has 0 radical (unpaired) electrons. The maximum absolute atomic E-state index is 11.9. The van der Waals surface area contributed by atoms with Crippen LogP contribution in [0.4, 0.5) is 0 Å². The molecule has 1 saturated heterocycles. The molecule has 18 heavy (non-hydrogen) atoms. The third-order valence-corrected chi connectivity index (χ3v) is 3.71. The van der Waals surface area contributed by atoms with Gasteiger partial charge in [0, 0.05) is 23.4 Å². The Bertz CT molecular complexity index is 385. The number of ether oxygens (including phenoxy) is 1. The molecule has 1 aliphatic heterocycles. The molecule has 98 valence electrons. The summed E-state index contributed by atoms with van der Waals surface area (Å²) in [5, 5.41) is 3.26. The average Bonchev–Trinajstić information content (AvgIpc) is 2.42. The van der Waals surface area contributed by atoms with Gasteiger partial charge in [-0.25, -0.2) is 0 Å². The van der Waals surface area contributed by atoms with Gasteiger partial charge < -0.3 is 10.1 Å². The summed E-state index contributed by atoms with van der Waals surface area (Å²) in [4.78, 5) is 11.9. The first-order chi connectivity index (χ1) is 8.75. The second kappa shape index (κ2) is 6.90. The fourth-order valence-electron chi connectivity index (χ4n) is 2.13. The lowest BCUT2D eigenvalue weighted by Crippen LogP contribution is -2.34. The molecule has 4 heteroatoms. The number of ketones is 1. The Kier molecular flexibility index (Phi) is 5.20. The molecular weight excluding hydrogens is 294 g/mol. The predicted molar refractivity (Wildman–Crippen MR) is 74.9 cm³/mol. The summed E-state index contributed by atoms with van der Waals surface area (Å²) in [7, 11) is 0. The maximum Gasteiger partial charge on any atom is 0.140 e. The van der Waals surface area contributed by atoms with Gasteiger partial charge in [0.1, 0.15) is 11.5 Å². The first-order valence-electron chi connectivity index (χ1n) is 6.37. The third-order valence-electron chi connectivity index (χ3n) is 3.18. The molecule has 0 bridgehead atoms. The predicted octanol–water partition coefficient (Wildman–Crippen LogP) is 2.79. The molecule has 0 aliphatic carbocycles. The van der Waals surface area contributed by atoms with Gasteiger partial charge in [0.2, 0.25) is 0 Å². The smallest absolute Gasteiger partial charge is 0.140 e. The van der Waals surface area contributed by atoms with Crippen molar-refractivity contribution < 1.29 is 9.53 Å². The molecule has 0 amide bonds. The van der Waals surface area contributed by atoms with Crippen molar-refractivity contribution in [2.24, 2.45) is 5.92 Å². The topological polar surface area (TPSA) is 38.3 Å². The van der Waals surface area contributed by atoms with Crippen LogP contribution in [0.2, 0.25) is 0 Å². The molecule has 2 rings (SSSR count). The summed E-state index contributed by atoms with van der Waals surface area (Å²) in [6.07, 6.45) is 2.62. The highest BCUT2D eigenvalue weighted by molar-refractivity contribution is 9.10. The van der Waals surface area contributed by atoms with E-state index in [-0.39, 0.29) is 5.92 Å². The van der Waals surface area contributed by atoms with Gasteiger partial charge in [-0.3, -0.25) is 4.79 Å². The molecular formula is C14H18BrNO2. The van der Waals surface area contributed by atoms with Crippen LogP contribution in [0.3, 0.4) is 0 Å². The first kappa shape index (κ1) is 13.6. The van der Waals surface area contributed by atoms with Crippen LogP contribution < -0.4 is 10.1 Å². The molecule has 0 aromatic heterocycles. The molecule has 1 aromatic carbocycles. The standard InChI is InChI=1S/C14H18BrNO2/c15-12-3-5-13(6-4-12)18-9-7-14(17)11-2-1-8-16-10-11/h3-6,11,16H,1-2,7-10H2. The average molecular weight is 312 g/mol. The zero-order chi connectivity index (χ0) is 12.8. The van der Waals surface area contributed by atoms with Crippen molar-refractivity contribution in [1.29, 1.82) is 0 Å². The number of halogens is 1. The quantitative estimate of drug-likeness (QED) is 0.908. The number of rotatable bonds is 5. The van der Waals surface area contributed by atoms with E-state index in [2.05, 4.69) is 21.2 Å². The Morgan fingerprint density at radius 2 is 2.17 bits per heavy atom. The van der Waals surface area contributed by atoms with Crippen LogP contribution in [0.15, 0.2) is 28.7 Å². The highest BCUT2D eigenvalue weighted by Gasteiger charge is 2.20. The number of hydrogen-bond donors (Lipinski definition) is 1. The summed E-state index contributed by atoms with van der Waals surface area (Å²) in [5.74, 6) is 1.32. The molecule has 1 N–H and O–H groups in total. The van der Waals surface area contributed by atoms with Crippen molar-refractivity contribution in [1.82, 2.24) is 5.32 Å². The van der Waals surface area contributed by atoms with E-state index in [0.29, 0.717) is 18.8 Å².